The van der Waals surface area contributed by atoms with Crippen molar-refractivity contribution in [3.8, 4) is 6.07 Å². The number of nitrogens with zero attached hydrogens (tertiary/aromatic N) is 3. The lowest BCUT2D eigenvalue weighted by atomic mass is 10.1. The molecule has 0 saturated carbocycles. The van der Waals surface area contributed by atoms with Gasteiger partial charge in [-0.15, -0.1) is 0 Å². The molecule has 2 aromatic carbocycles. The normalized spacial score (nSPS) is 15.1. The molecule has 2 N–H and O–H groups in total. The second-order valence-electron chi connectivity index (χ2n) is 7.52. The van der Waals surface area contributed by atoms with Crippen molar-refractivity contribution in [3.05, 3.63) is 59.7 Å². The molecule has 0 aromatic heterocycles. The third-order valence-corrected chi connectivity index (χ3v) is 5.03. The van der Waals surface area contributed by atoms with E-state index in [1.165, 1.54) is 12.5 Å². The quantitative estimate of drug-likeness (QED) is 0.771. The topological polar surface area (TPSA) is 88.5 Å². The van der Waals surface area contributed by atoms with Crippen LogP contribution in [0.2, 0.25) is 0 Å². The van der Waals surface area contributed by atoms with E-state index < -0.39 is 0 Å². The molecular weight excluding hydrogens is 378 g/mol. The lowest BCUT2D eigenvalue weighted by molar-refractivity contribution is -0.117. The molecule has 2 amide bonds. The maximum atomic E-state index is 12.4. The van der Waals surface area contributed by atoms with Crippen molar-refractivity contribution in [2.75, 3.05) is 43.4 Å². The van der Waals surface area contributed by atoms with Gasteiger partial charge in [0.05, 0.1) is 18.2 Å². The molecule has 3 rings (SSSR count). The lowest BCUT2D eigenvalue weighted by Crippen LogP contribution is -2.36. The highest BCUT2D eigenvalue weighted by Gasteiger charge is 2.17. The monoisotopic (exact) mass is 405 g/mol. The van der Waals surface area contributed by atoms with Crippen LogP contribution in [0.1, 0.15) is 24.5 Å². The summed E-state index contributed by atoms with van der Waals surface area (Å²) in [7, 11) is 0. The minimum Gasteiger partial charge on any atom is -0.326 e. The average Bonchev–Trinajstić information content (AvgIpc) is 2.94. The van der Waals surface area contributed by atoms with Crippen molar-refractivity contribution in [2.24, 2.45) is 0 Å². The second kappa shape index (κ2) is 10.5. The Morgan fingerprint density at radius 3 is 2.13 bits per heavy atom. The van der Waals surface area contributed by atoms with E-state index in [1.807, 2.05) is 24.3 Å². The van der Waals surface area contributed by atoms with Crippen LogP contribution < -0.4 is 10.6 Å². The van der Waals surface area contributed by atoms with Crippen LogP contribution in [0, 0.1) is 11.3 Å². The summed E-state index contributed by atoms with van der Waals surface area (Å²) in [6.07, 6.45) is 1.01. The maximum absolute atomic E-state index is 12.4. The van der Waals surface area contributed by atoms with Crippen LogP contribution in [-0.4, -0.2) is 54.3 Å². The van der Waals surface area contributed by atoms with E-state index in [-0.39, 0.29) is 11.8 Å². The molecule has 0 radical (unpaired) electrons. The van der Waals surface area contributed by atoms with Gasteiger partial charge in [-0.2, -0.15) is 5.26 Å². The van der Waals surface area contributed by atoms with Crippen LogP contribution in [0.15, 0.2) is 48.5 Å². The Hall–Kier alpha value is -3.21. The fourth-order valence-electron chi connectivity index (χ4n) is 3.53. The van der Waals surface area contributed by atoms with Gasteiger partial charge in [-0.1, -0.05) is 12.1 Å². The fraction of sp³-hybridized carbons (Fsp3) is 0.348. The third kappa shape index (κ3) is 6.69. The van der Waals surface area contributed by atoms with Gasteiger partial charge in [0.2, 0.25) is 11.8 Å². The highest BCUT2D eigenvalue weighted by atomic mass is 16.2. The SMILES string of the molecule is CC(=O)Nc1ccc(NC(=O)CN2CCCN(Cc3ccc(C#N)cc3)CC2)cc1. The van der Waals surface area contributed by atoms with Crippen LogP contribution in [0.4, 0.5) is 11.4 Å². The summed E-state index contributed by atoms with van der Waals surface area (Å²) in [4.78, 5) is 28.1. The van der Waals surface area contributed by atoms with Crippen LogP contribution in [0.25, 0.3) is 0 Å². The Kier molecular flexibility index (Phi) is 7.55. The first-order valence-electron chi connectivity index (χ1n) is 10.1. The second-order valence-corrected chi connectivity index (χ2v) is 7.52. The molecule has 0 bridgehead atoms. The molecule has 0 spiro atoms. The van der Waals surface area contributed by atoms with Gasteiger partial charge < -0.3 is 10.6 Å². The van der Waals surface area contributed by atoms with E-state index in [0.717, 1.165) is 39.1 Å². The van der Waals surface area contributed by atoms with E-state index in [9.17, 15) is 9.59 Å². The number of anilines is 2. The smallest absolute Gasteiger partial charge is 0.238 e. The molecular formula is C23H27N5O2. The molecule has 0 aliphatic carbocycles. The van der Waals surface area contributed by atoms with Crippen molar-refractivity contribution >= 4 is 23.2 Å². The number of carbonyl (C=O) groups excluding carboxylic acids is 2. The largest absolute Gasteiger partial charge is 0.326 e. The average molecular weight is 406 g/mol. The third-order valence-electron chi connectivity index (χ3n) is 5.03. The zero-order chi connectivity index (χ0) is 21.3. The van der Waals surface area contributed by atoms with Gasteiger partial charge in [-0.3, -0.25) is 19.4 Å². The predicted octanol–water partition coefficient (Wildman–Crippen LogP) is 2.66. The summed E-state index contributed by atoms with van der Waals surface area (Å²) >= 11 is 0. The Morgan fingerprint density at radius 1 is 0.900 bits per heavy atom. The van der Waals surface area contributed by atoms with Crippen LogP contribution in [0.5, 0.6) is 0 Å². The van der Waals surface area contributed by atoms with Gasteiger partial charge in [0.25, 0.3) is 0 Å². The summed E-state index contributed by atoms with van der Waals surface area (Å²) in [6.45, 7) is 6.29. The molecule has 2 aromatic rings. The van der Waals surface area contributed by atoms with Gasteiger partial charge >= 0.3 is 0 Å². The van der Waals surface area contributed by atoms with E-state index in [0.29, 0.717) is 23.5 Å². The van der Waals surface area contributed by atoms with Crippen molar-refractivity contribution in [1.29, 1.82) is 5.26 Å². The Labute approximate surface area is 177 Å². The van der Waals surface area contributed by atoms with Gasteiger partial charge in [0, 0.05) is 37.9 Å². The Morgan fingerprint density at radius 2 is 1.50 bits per heavy atom. The number of nitrogens with one attached hydrogen (secondary N) is 2. The predicted molar refractivity (Wildman–Crippen MR) is 117 cm³/mol. The molecule has 1 aliphatic heterocycles. The minimum atomic E-state index is -0.124. The molecule has 7 heteroatoms. The van der Waals surface area contributed by atoms with E-state index in [1.54, 1.807) is 24.3 Å². The molecule has 1 aliphatic rings. The number of rotatable bonds is 6. The Balaban J connectivity index is 1.45. The molecule has 1 saturated heterocycles. The zero-order valence-electron chi connectivity index (χ0n) is 17.2. The van der Waals surface area contributed by atoms with Crippen LogP contribution in [0.3, 0.4) is 0 Å². The first kappa shape index (κ1) is 21.5. The summed E-state index contributed by atoms with van der Waals surface area (Å²) < 4.78 is 0. The lowest BCUT2D eigenvalue weighted by Gasteiger charge is -2.21. The molecule has 1 heterocycles. The van der Waals surface area contributed by atoms with Crippen molar-refractivity contribution in [1.82, 2.24) is 9.80 Å². The van der Waals surface area contributed by atoms with Gasteiger partial charge in [0.15, 0.2) is 0 Å². The number of hydrogen-bond donors (Lipinski definition) is 2. The molecule has 30 heavy (non-hydrogen) atoms. The van der Waals surface area contributed by atoms with Crippen molar-refractivity contribution < 1.29 is 9.59 Å². The number of benzene rings is 2. The molecule has 0 unspecified atom stereocenters. The van der Waals surface area contributed by atoms with Crippen molar-refractivity contribution in [3.63, 3.8) is 0 Å². The maximum Gasteiger partial charge on any atom is 0.238 e. The van der Waals surface area contributed by atoms with Gasteiger partial charge in [-0.25, -0.2) is 0 Å². The highest BCUT2D eigenvalue weighted by Crippen LogP contribution is 2.14. The first-order valence-corrected chi connectivity index (χ1v) is 10.1. The Bertz CT molecular complexity index is 903. The zero-order valence-corrected chi connectivity index (χ0v) is 17.2. The molecule has 156 valence electrons. The molecule has 1 fully saturated rings. The minimum absolute atomic E-state index is 0.0391. The van der Waals surface area contributed by atoms with Gasteiger partial charge in [-0.05, 0) is 61.5 Å². The number of nitriles is 1. The molecule has 0 atom stereocenters. The standard InChI is InChI=1S/C23H27N5O2/c1-18(29)25-21-7-9-22(10-8-21)26-23(30)17-28-12-2-11-27(13-14-28)16-20-5-3-19(15-24)4-6-20/h3-10H,2,11-14,16-17H2,1H3,(H,25,29)(H,26,30). The summed E-state index contributed by atoms with van der Waals surface area (Å²) in [5, 5.41) is 14.5. The summed E-state index contributed by atoms with van der Waals surface area (Å²) in [5.41, 5.74) is 3.29. The number of amides is 2. The molecule has 7 nitrogen and oxygen atoms in total. The van der Waals surface area contributed by atoms with Gasteiger partial charge in [0.1, 0.15) is 0 Å². The number of hydrogen-bond acceptors (Lipinski definition) is 5. The van der Waals surface area contributed by atoms with Crippen LogP contribution in [-0.2, 0) is 16.1 Å². The van der Waals surface area contributed by atoms with Crippen molar-refractivity contribution in [2.45, 2.75) is 19.9 Å². The van der Waals surface area contributed by atoms with E-state index in [4.69, 9.17) is 5.26 Å². The fourth-order valence-corrected chi connectivity index (χ4v) is 3.53. The van der Waals surface area contributed by atoms with Crippen LogP contribution >= 0.6 is 0 Å². The highest BCUT2D eigenvalue weighted by molar-refractivity contribution is 5.93. The first-order chi connectivity index (χ1) is 14.5. The van der Waals surface area contributed by atoms with E-state index in [2.05, 4.69) is 26.5 Å². The summed E-state index contributed by atoms with van der Waals surface area (Å²) in [5.74, 6) is -0.163. The summed E-state index contributed by atoms with van der Waals surface area (Å²) in [6, 6.07) is 17.0. The van der Waals surface area contributed by atoms with E-state index >= 15 is 0 Å². The number of carbonyl (C=O) groups is 2.